The van der Waals surface area contributed by atoms with Gasteiger partial charge in [0.15, 0.2) is 11.5 Å². The second-order valence-corrected chi connectivity index (χ2v) is 5.86. The van der Waals surface area contributed by atoms with Gasteiger partial charge >= 0.3 is 0 Å². The largest absolute Gasteiger partial charge is 0.494 e. The molecule has 0 unspecified atom stereocenters. The van der Waals surface area contributed by atoms with Crippen LogP contribution >= 0.6 is 0 Å². The number of carbonyl (C=O) groups excluding carboxylic acids is 2. The molecule has 2 heterocycles. The predicted molar refractivity (Wildman–Crippen MR) is 100 cm³/mol. The third-order valence-electron chi connectivity index (χ3n) is 4.07. The number of ether oxygens (including phenoxy) is 1. The monoisotopic (exact) mass is 386 g/mol. The van der Waals surface area contributed by atoms with Crippen LogP contribution in [-0.4, -0.2) is 38.9 Å². The molecule has 1 aromatic carbocycles. The molecule has 0 spiro atoms. The lowest BCUT2D eigenvalue weighted by Crippen LogP contribution is -2.21. The van der Waals surface area contributed by atoms with Gasteiger partial charge in [-0.05, 0) is 25.5 Å². The van der Waals surface area contributed by atoms with Crippen molar-refractivity contribution in [2.24, 2.45) is 0 Å². The highest BCUT2D eigenvalue weighted by Crippen LogP contribution is 2.27. The van der Waals surface area contributed by atoms with Crippen LogP contribution in [0.2, 0.25) is 0 Å². The van der Waals surface area contributed by atoms with Crippen molar-refractivity contribution in [3.63, 3.8) is 0 Å². The van der Waals surface area contributed by atoms with E-state index >= 15 is 0 Å². The molecule has 0 saturated heterocycles. The number of halogens is 1. The number of nitrogens with zero attached hydrogens (tertiary/aromatic N) is 2. The smallest absolute Gasteiger partial charge is 0.276 e. The summed E-state index contributed by atoms with van der Waals surface area (Å²) in [6.45, 7) is 3.79. The highest BCUT2D eigenvalue weighted by atomic mass is 19.1. The molecule has 0 radical (unpaired) electrons. The van der Waals surface area contributed by atoms with Crippen LogP contribution < -0.4 is 15.4 Å². The number of amides is 2. The second-order valence-electron chi connectivity index (χ2n) is 5.86. The summed E-state index contributed by atoms with van der Waals surface area (Å²) in [6.07, 6.45) is 1.91. The van der Waals surface area contributed by atoms with E-state index in [1.807, 2.05) is 13.8 Å². The molecule has 0 fully saturated rings. The van der Waals surface area contributed by atoms with Gasteiger partial charge < -0.3 is 20.0 Å². The van der Waals surface area contributed by atoms with Crippen LogP contribution in [0.25, 0.3) is 0 Å². The lowest BCUT2D eigenvalue weighted by molar-refractivity contribution is 0.0985. The first-order chi connectivity index (χ1) is 13.4. The predicted octanol–water partition coefficient (Wildman–Crippen LogP) is 2.66. The Bertz CT molecular complexity index is 1030. The van der Waals surface area contributed by atoms with Crippen molar-refractivity contribution in [3.05, 3.63) is 53.1 Å². The van der Waals surface area contributed by atoms with Crippen LogP contribution in [0.15, 0.2) is 24.5 Å². The molecular formula is C18H19FN6O3. The van der Waals surface area contributed by atoms with Crippen LogP contribution in [0.5, 0.6) is 5.75 Å². The minimum Gasteiger partial charge on any atom is -0.494 e. The van der Waals surface area contributed by atoms with Crippen LogP contribution in [-0.2, 0) is 6.42 Å². The second kappa shape index (κ2) is 7.91. The average molecular weight is 386 g/mol. The number of aryl methyl sites for hydroxylation is 2. The molecule has 10 heteroatoms. The average Bonchev–Trinajstić information content (AvgIpc) is 3.29. The Morgan fingerprint density at radius 3 is 2.71 bits per heavy atom. The summed E-state index contributed by atoms with van der Waals surface area (Å²) in [6, 6.07) is 4.13. The Morgan fingerprint density at radius 1 is 1.25 bits per heavy atom. The zero-order valence-corrected chi connectivity index (χ0v) is 15.5. The molecule has 3 rings (SSSR count). The SMILES string of the molecule is CCc1nc(NC(=O)c2[nH]cnc2C(=O)Nc2c(F)cccc2OC)[nH]c1C. The van der Waals surface area contributed by atoms with E-state index in [0.29, 0.717) is 6.42 Å². The maximum Gasteiger partial charge on any atom is 0.276 e. The van der Waals surface area contributed by atoms with Gasteiger partial charge in [0, 0.05) is 5.69 Å². The highest BCUT2D eigenvalue weighted by molar-refractivity contribution is 6.13. The molecule has 0 aliphatic carbocycles. The van der Waals surface area contributed by atoms with Gasteiger partial charge in [-0.25, -0.2) is 14.4 Å². The number of aromatic amines is 2. The molecule has 2 amide bonds. The van der Waals surface area contributed by atoms with Gasteiger partial charge in [0.05, 0.1) is 19.1 Å². The molecular weight excluding hydrogens is 367 g/mol. The van der Waals surface area contributed by atoms with Gasteiger partial charge in [0.1, 0.15) is 17.1 Å². The molecule has 4 N–H and O–H groups in total. The third-order valence-corrected chi connectivity index (χ3v) is 4.07. The Hall–Kier alpha value is -3.69. The van der Waals surface area contributed by atoms with Crippen molar-refractivity contribution in [2.75, 3.05) is 17.7 Å². The number of carbonyl (C=O) groups is 2. The maximum absolute atomic E-state index is 14.0. The van der Waals surface area contributed by atoms with Gasteiger partial charge in [-0.2, -0.15) is 0 Å². The highest BCUT2D eigenvalue weighted by Gasteiger charge is 2.23. The number of para-hydroxylation sites is 1. The van der Waals surface area contributed by atoms with Crippen LogP contribution in [0.1, 0.15) is 39.3 Å². The lowest BCUT2D eigenvalue weighted by atomic mass is 10.2. The zero-order chi connectivity index (χ0) is 20.3. The number of nitrogens with one attached hydrogen (secondary N) is 4. The van der Waals surface area contributed by atoms with E-state index in [4.69, 9.17) is 4.74 Å². The Balaban J connectivity index is 1.81. The van der Waals surface area contributed by atoms with Crippen molar-refractivity contribution in [2.45, 2.75) is 20.3 Å². The molecule has 0 bridgehead atoms. The standard InChI is InChI=1S/C18H19FN6O3/c1-4-11-9(2)22-18(23-11)25-17(27)15-14(20-8-21-15)16(26)24-13-10(19)6-5-7-12(13)28-3/h5-8H,4H2,1-3H3,(H,20,21)(H,24,26)(H2,22,23,25,27). The number of H-pyrrole nitrogens is 2. The fourth-order valence-electron chi connectivity index (χ4n) is 2.68. The summed E-state index contributed by atoms with van der Waals surface area (Å²) in [5.41, 5.74) is 1.25. The Morgan fingerprint density at radius 2 is 2.04 bits per heavy atom. The molecule has 3 aromatic rings. The Kier molecular flexibility index (Phi) is 5.39. The fraction of sp³-hybridized carbons (Fsp3) is 0.222. The van der Waals surface area contributed by atoms with Gasteiger partial charge in [-0.15, -0.1) is 0 Å². The summed E-state index contributed by atoms with van der Waals surface area (Å²) in [4.78, 5) is 38.8. The molecule has 0 atom stereocenters. The maximum atomic E-state index is 14.0. The molecule has 146 valence electrons. The summed E-state index contributed by atoms with van der Waals surface area (Å²) in [5, 5.41) is 4.97. The van der Waals surface area contributed by atoms with Gasteiger partial charge in [-0.3, -0.25) is 14.9 Å². The summed E-state index contributed by atoms with van der Waals surface area (Å²) >= 11 is 0. The van der Waals surface area contributed by atoms with Gasteiger partial charge in [0.2, 0.25) is 5.95 Å². The first kappa shape index (κ1) is 19.1. The number of imidazole rings is 2. The summed E-state index contributed by atoms with van der Waals surface area (Å²) < 4.78 is 19.1. The number of benzene rings is 1. The number of methoxy groups -OCH3 is 1. The third kappa shape index (κ3) is 3.70. The molecule has 0 aliphatic rings. The fourth-order valence-corrected chi connectivity index (χ4v) is 2.68. The topological polar surface area (TPSA) is 125 Å². The number of aromatic nitrogens is 4. The van der Waals surface area contributed by atoms with Crippen LogP contribution in [0.3, 0.4) is 0 Å². The summed E-state index contributed by atoms with van der Waals surface area (Å²) in [7, 11) is 1.35. The van der Waals surface area contributed by atoms with Crippen LogP contribution in [0, 0.1) is 12.7 Å². The number of hydrogen-bond donors (Lipinski definition) is 4. The molecule has 2 aromatic heterocycles. The van der Waals surface area contributed by atoms with Crippen molar-refractivity contribution in [1.29, 1.82) is 0 Å². The van der Waals surface area contributed by atoms with Crippen molar-refractivity contribution in [1.82, 2.24) is 19.9 Å². The number of hydrogen-bond acceptors (Lipinski definition) is 5. The minimum absolute atomic E-state index is 0.0834. The van der Waals surface area contributed by atoms with Gasteiger partial charge in [0.25, 0.3) is 11.8 Å². The minimum atomic E-state index is -0.764. The first-order valence-corrected chi connectivity index (χ1v) is 8.48. The first-order valence-electron chi connectivity index (χ1n) is 8.48. The van der Waals surface area contributed by atoms with Crippen molar-refractivity contribution in [3.8, 4) is 5.75 Å². The van der Waals surface area contributed by atoms with E-state index in [2.05, 4.69) is 30.6 Å². The summed E-state index contributed by atoms with van der Waals surface area (Å²) in [5.74, 6) is -1.64. The van der Waals surface area contributed by atoms with Crippen LogP contribution in [0.4, 0.5) is 16.0 Å². The van der Waals surface area contributed by atoms with Crippen molar-refractivity contribution >= 4 is 23.5 Å². The van der Waals surface area contributed by atoms with Gasteiger partial charge in [-0.1, -0.05) is 13.0 Å². The number of rotatable bonds is 6. The molecule has 0 aliphatic heterocycles. The van der Waals surface area contributed by atoms with E-state index < -0.39 is 17.6 Å². The molecule has 9 nitrogen and oxygen atoms in total. The van der Waals surface area contributed by atoms with E-state index in [9.17, 15) is 14.0 Å². The Labute approximate surface area is 159 Å². The van der Waals surface area contributed by atoms with E-state index in [-0.39, 0.29) is 28.8 Å². The van der Waals surface area contributed by atoms with E-state index in [1.165, 1.54) is 31.6 Å². The van der Waals surface area contributed by atoms with E-state index in [1.54, 1.807) is 0 Å². The van der Waals surface area contributed by atoms with Crippen molar-refractivity contribution < 1.29 is 18.7 Å². The molecule has 28 heavy (non-hydrogen) atoms. The molecule has 0 saturated carbocycles. The zero-order valence-electron chi connectivity index (χ0n) is 15.5. The normalized spacial score (nSPS) is 10.6. The quantitative estimate of drug-likeness (QED) is 0.518. The van der Waals surface area contributed by atoms with E-state index in [0.717, 1.165) is 11.4 Å². The lowest BCUT2D eigenvalue weighted by Gasteiger charge is -2.10. The number of anilines is 2.